The number of hydrogen-bond donors (Lipinski definition) is 2. The molecule has 2 rings (SSSR count). The van der Waals surface area contributed by atoms with Gasteiger partial charge in [0.1, 0.15) is 5.17 Å². The van der Waals surface area contributed by atoms with Gasteiger partial charge in [-0.05, 0) is 21.8 Å². The maximum Gasteiger partial charge on any atom is 0.304 e. The zero-order valence-corrected chi connectivity index (χ0v) is 18.8. The summed E-state index contributed by atoms with van der Waals surface area (Å²) in [5.41, 5.74) is 0. The Morgan fingerprint density at radius 3 is 1.93 bits per heavy atom. The highest BCUT2D eigenvalue weighted by Crippen LogP contribution is 2.37. The van der Waals surface area contributed by atoms with Gasteiger partial charge >= 0.3 is 5.97 Å². The van der Waals surface area contributed by atoms with Gasteiger partial charge in [0.2, 0.25) is 0 Å². The number of oxime groups is 1. The van der Waals surface area contributed by atoms with E-state index in [4.69, 9.17) is 26.3 Å². The molecule has 0 bridgehead atoms. The van der Waals surface area contributed by atoms with E-state index >= 15 is 0 Å². The summed E-state index contributed by atoms with van der Waals surface area (Å²) in [7, 11) is -2.69. The molecule has 1 unspecified atom stereocenters. The van der Waals surface area contributed by atoms with Crippen LogP contribution in [0.25, 0.3) is 0 Å². The second kappa shape index (κ2) is 10.0. The molecule has 0 fully saturated rings. The lowest BCUT2D eigenvalue weighted by atomic mass is 10.0. The third kappa shape index (κ3) is 5.47. The van der Waals surface area contributed by atoms with Crippen molar-refractivity contribution < 1.29 is 19.5 Å². The van der Waals surface area contributed by atoms with Crippen LogP contribution in [0.4, 0.5) is 0 Å². The molecule has 0 spiro atoms. The fourth-order valence-corrected chi connectivity index (χ4v) is 8.48. The fourth-order valence-electron chi connectivity index (χ4n) is 3.71. The van der Waals surface area contributed by atoms with E-state index in [1.807, 2.05) is 36.4 Å². The van der Waals surface area contributed by atoms with Gasteiger partial charge in [-0.25, -0.2) is 0 Å². The minimum absolute atomic E-state index is 0.113. The molecule has 156 valence electrons. The lowest BCUT2D eigenvalue weighted by Gasteiger charge is -2.43. The van der Waals surface area contributed by atoms with Crippen molar-refractivity contribution in [3.05, 3.63) is 60.7 Å². The molecule has 0 amide bonds. The van der Waals surface area contributed by atoms with Crippen LogP contribution in [0.15, 0.2) is 65.8 Å². The molecule has 29 heavy (non-hydrogen) atoms. The predicted molar refractivity (Wildman–Crippen MR) is 119 cm³/mol. The molecular weight excluding hydrogens is 406 g/mol. The first-order valence-electron chi connectivity index (χ1n) is 9.56. The van der Waals surface area contributed by atoms with Crippen molar-refractivity contribution in [1.29, 1.82) is 0 Å². The number of carboxylic acids is 1. The quantitative estimate of drug-likeness (QED) is 0.270. The third-order valence-electron chi connectivity index (χ3n) is 5.06. The molecule has 0 saturated carbocycles. The Morgan fingerprint density at radius 2 is 1.55 bits per heavy atom. The normalized spacial score (nSPS) is 13.9. The molecule has 2 N–H and O–H groups in total. The lowest BCUT2D eigenvalue weighted by Crippen LogP contribution is -2.66. The monoisotopic (exact) mass is 433 g/mol. The van der Waals surface area contributed by atoms with E-state index in [-0.39, 0.29) is 16.6 Å². The second-order valence-corrected chi connectivity index (χ2v) is 12.7. The fraction of sp³-hybridized carbons (Fsp3) is 0.364. The average molecular weight is 434 g/mol. The van der Waals surface area contributed by atoms with E-state index in [0.717, 1.165) is 10.4 Å². The largest absolute Gasteiger partial charge is 0.481 e. The summed E-state index contributed by atoms with van der Waals surface area (Å²) in [5, 5.41) is 23.1. The molecule has 2 aromatic carbocycles. The van der Waals surface area contributed by atoms with Gasteiger partial charge in [-0.2, -0.15) is 0 Å². The van der Waals surface area contributed by atoms with Gasteiger partial charge < -0.3 is 14.7 Å². The summed E-state index contributed by atoms with van der Waals surface area (Å²) >= 11 is 5.94. The van der Waals surface area contributed by atoms with Gasteiger partial charge in [0.15, 0.2) is 0 Å². The van der Waals surface area contributed by atoms with E-state index in [9.17, 15) is 4.79 Å². The van der Waals surface area contributed by atoms with Crippen LogP contribution in [0.3, 0.4) is 0 Å². The van der Waals surface area contributed by atoms with Crippen LogP contribution in [-0.2, 0) is 9.22 Å². The lowest BCUT2D eigenvalue weighted by molar-refractivity contribution is -0.137. The van der Waals surface area contributed by atoms with Gasteiger partial charge in [0, 0.05) is 12.5 Å². The highest BCUT2D eigenvalue weighted by molar-refractivity contribution is 6.99. The van der Waals surface area contributed by atoms with Crippen molar-refractivity contribution in [3.63, 3.8) is 0 Å². The smallest absolute Gasteiger partial charge is 0.304 e. The molecule has 0 aliphatic rings. The molecule has 0 aliphatic carbocycles. The number of rotatable bonds is 9. The minimum Gasteiger partial charge on any atom is -0.481 e. The molecular formula is C22H28ClNO4Si. The maximum absolute atomic E-state index is 11.2. The van der Waals surface area contributed by atoms with Crippen LogP contribution in [0, 0.1) is 5.92 Å². The van der Waals surface area contributed by atoms with Crippen molar-refractivity contribution in [2.45, 2.75) is 38.7 Å². The average Bonchev–Trinajstić information content (AvgIpc) is 2.70. The van der Waals surface area contributed by atoms with Crippen molar-refractivity contribution in [1.82, 2.24) is 0 Å². The van der Waals surface area contributed by atoms with E-state index in [2.05, 4.69) is 50.2 Å². The number of halogens is 1. The molecule has 0 saturated heterocycles. The van der Waals surface area contributed by atoms with Gasteiger partial charge in [-0.15, -0.1) is 0 Å². The van der Waals surface area contributed by atoms with E-state index in [1.165, 1.54) is 0 Å². The van der Waals surface area contributed by atoms with Crippen LogP contribution in [0.5, 0.6) is 0 Å². The van der Waals surface area contributed by atoms with Crippen molar-refractivity contribution >= 4 is 41.4 Å². The van der Waals surface area contributed by atoms with Crippen molar-refractivity contribution in [2.24, 2.45) is 11.1 Å². The molecule has 0 heterocycles. The Bertz CT molecular complexity index is 782. The van der Waals surface area contributed by atoms with Crippen LogP contribution in [0.1, 0.15) is 33.6 Å². The number of hydrogen-bond acceptors (Lipinski definition) is 4. The Morgan fingerprint density at radius 1 is 1.07 bits per heavy atom. The van der Waals surface area contributed by atoms with E-state index in [1.54, 1.807) is 0 Å². The molecule has 0 radical (unpaired) electrons. The molecule has 5 nitrogen and oxygen atoms in total. The highest BCUT2D eigenvalue weighted by atomic mass is 35.5. The Kier molecular flexibility index (Phi) is 8.02. The van der Waals surface area contributed by atoms with E-state index < -0.39 is 20.2 Å². The van der Waals surface area contributed by atoms with E-state index in [0.29, 0.717) is 13.0 Å². The predicted octanol–water partition coefficient (Wildman–Crippen LogP) is 4.07. The van der Waals surface area contributed by atoms with Gasteiger partial charge in [-0.1, -0.05) is 98.2 Å². The third-order valence-corrected chi connectivity index (χ3v) is 10.5. The summed E-state index contributed by atoms with van der Waals surface area (Å²) in [6.45, 7) is 6.83. The molecule has 7 heteroatoms. The highest BCUT2D eigenvalue weighted by Gasteiger charge is 2.50. The van der Waals surface area contributed by atoms with Crippen LogP contribution >= 0.6 is 11.6 Å². The number of carboxylic acid groups (broad SMARTS) is 1. The summed E-state index contributed by atoms with van der Waals surface area (Å²) < 4.78 is 6.72. The molecule has 2 aromatic rings. The van der Waals surface area contributed by atoms with Crippen molar-refractivity contribution in [2.75, 3.05) is 6.61 Å². The van der Waals surface area contributed by atoms with Crippen LogP contribution in [0.2, 0.25) is 5.04 Å². The number of aliphatic carboxylic acids is 1. The number of benzene rings is 2. The summed E-state index contributed by atoms with van der Waals surface area (Å²) in [6, 6.07) is 20.4. The summed E-state index contributed by atoms with van der Waals surface area (Å²) in [4.78, 5) is 11.2. The summed E-state index contributed by atoms with van der Waals surface area (Å²) in [6.07, 6.45) is 0.132. The second-order valence-electron chi connectivity index (χ2n) is 8.02. The first-order chi connectivity index (χ1) is 13.7. The maximum atomic E-state index is 11.2. The zero-order valence-electron chi connectivity index (χ0n) is 17.0. The van der Waals surface area contributed by atoms with Gasteiger partial charge in [0.05, 0.1) is 6.42 Å². The van der Waals surface area contributed by atoms with Crippen LogP contribution < -0.4 is 10.4 Å². The molecule has 1 atom stereocenters. The minimum atomic E-state index is -2.69. The standard InChI is InChI=1S/C22H28ClNO4Si/c1-22(2,3)29(18-10-6-4-7-11-18,19-12-8-5-9-13-19)28-15-14-17(16-20(25)26)21(23)24-27/h4-13,17,27H,14-16H2,1-3H3,(H,25,26)/b24-21+. The van der Waals surface area contributed by atoms with Gasteiger partial charge in [0.25, 0.3) is 8.32 Å². The topological polar surface area (TPSA) is 79.1 Å². The molecule has 0 aromatic heterocycles. The van der Waals surface area contributed by atoms with Gasteiger partial charge in [-0.3, -0.25) is 4.79 Å². The summed E-state index contributed by atoms with van der Waals surface area (Å²) in [5.74, 6) is -1.60. The number of nitrogens with zero attached hydrogens (tertiary/aromatic N) is 1. The zero-order chi connectivity index (χ0) is 21.5. The SMILES string of the molecule is CC(C)(C)[Si](OCCC(CC(=O)O)/C(Cl)=N\O)(c1ccccc1)c1ccccc1. The number of carbonyl (C=O) groups is 1. The Balaban J connectivity index is 2.42. The first kappa shape index (κ1) is 23.1. The van der Waals surface area contributed by atoms with Crippen LogP contribution in [-0.4, -0.2) is 36.4 Å². The Hall–Kier alpha value is -2.15. The first-order valence-corrected chi connectivity index (χ1v) is 11.8. The Labute approximate surface area is 178 Å². The molecule has 0 aliphatic heterocycles. The van der Waals surface area contributed by atoms with Crippen molar-refractivity contribution in [3.8, 4) is 0 Å².